The first kappa shape index (κ1) is 18.3. The zero-order chi connectivity index (χ0) is 16.6. The minimum Gasteiger partial charge on any atom is -0.265 e. The molecule has 0 bridgehead atoms. The Labute approximate surface area is 135 Å². The lowest BCUT2D eigenvalue weighted by Gasteiger charge is -2.17. The number of hydrogen-bond donors (Lipinski definition) is 0. The lowest BCUT2D eigenvalue weighted by atomic mass is 9.89. The highest BCUT2D eigenvalue weighted by Gasteiger charge is 2.11. The van der Waals surface area contributed by atoms with E-state index in [9.17, 15) is 0 Å². The first-order valence-electron chi connectivity index (χ1n) is 7.81. The SMILES string of the molecule is CC(C)(C)Cc1cccnn1.CC(C)(C)Cc1ccncc1. The summed E-state index contributed by atoms with van der Waals surface area (Å²) in [5, 5.41) is 7.83. The van der Waals surface area contributed by atoms with Crippen LogP contribution in [0.5, 0.6) is 0 Å². The molecule has 0 aliphatic rings. The fourth-order valence-corrected chi connectivity index (χ4v) is 2.08. The second-order valence-corrected chi connectivity index (χ2v) is 8.05. The molecule has 3 nitrogen and oxygen atoms in total. The number of rotatable bonds is 2. The molecule has 0 aliphatic heterocycles. The Bertz CT molecular complexity index is 471. The molecule has 22 heavy (non-hydrogen) atoms. The largest absolute Gasteiger partial charge is 0.265 e. The fourth-order valence-electron chi connectivity index (χ4n) is 2.08. The van der Waals surface area contributed by atoms with Crippen molar-refractivity contribution in [3.05, 3.63) is 54.1 Å². The minimum absolute atomic E-state index is 0.302. The van der Waals surface area contributed by atoms with Gasteiger partial charge >= 0.3 is 0 Å². The van der Waals surface area contributed by atoms with Crippen molar-refractivity contribution < 1.29 is 0 Å². The van der Waals surface area contributed by atoms with Crippen molar-refractivity contribution in [2.75, 3.05) is 0 Å². The van der Waals surface area contributed by atoms with Gasteiger partial charge in [-0.1, -0.05) is 41.5 Å². The summed E-state index contributed by atoms with van der Waals surface area (Å²) in [6.45, 7) is 13.3. The average molecular weight is 299 g/mol. The average Bonchev–Trinajstić information content (AvgIpc) is 2.38. The number of pyridine rings is 1. The zero-order valence-electron chi connectivity index (χ0n) is 14.8. The van der Waals surface area contributed by atoms with Crippen LogP contribution in [0, 0.1) is 10.8 Å². The van der Waals surface area contributed by atoms with Gasteiger partial charge < -0.3 is 0 Å². The monoisotopic (exact) mass is 299 g/mol. The van der Waals surface area contributed by atoms with Gasteiger partial charge in [0.05, 0.1) is 5.69 Å². The van der Waals surface area contributed by atoms with Crippen LogP contribution in [0.2, 0.25) is 0 Å². The lowest BCUT2D eigenvalue weighted by molar-refractivity contribution is 0.404. The van der Waals surface area contributed by atoms with Crippen LogP contribution in [0.4, 0.5) is 0 Å². The predicted molar refractivity (Wildman–Crippen MR) is 92.6 cm³/mol. The van der Waals surface area contributed by atoms with E-state index in [1.807, 2.05) is 24.5 Å². The molecule has 0 aromatic carbocycles. The van der Waals surface area contributed by atoms with Gasteiger partial charge in [0.1, 0.15) is 0 Å². The molecule has 120 valence electrons. The molecule has 0 saturated carbocycles. The van der Waals surface area contributed by atoms with Crippen molar-refractivity contribution in [1.29, 1.82) is 0 Å². The van der Waals surface area contributed by atoms with Gasteiger partial charge in [0.15, 0.2) is 0 Å². The van der Waals surface area contributed by atoms with Crippen LogP contribution in [0.1, 0.15) is 52.8 Å². The molecule has 0 atom stereocenters. The molecule has 0 amide bonds. The third kappa shape index (κ3) is 9.22. The molecule has 0 N–H and O–H groups in total. The van der Waals surface area contributed by atoms with Gasteiger partial charge in [-0.05, 0) is 53.5 Å². The molecular formula is C19H29N3. The smallest absolute Gasteiger partial charge is 0.0636 e. The summed E-state index contributed by atoms with van der Waals surface area (Å²) in [6, 6.07) is 8.09. The van der Waals surface area contributed by atoms with E-state index in [2.05, 4.69) is 68.9 Å². The minimum atomic E-state index is 0.302. The van der Waals surface area contributed by atoms with Gasteiger partial charge in [-0.15, -0.1) is 0 Å². The Balaban J connectivity index is 0.000000220. The summed E-state index contributed by atoms with van der Waals surface area (Å²) in [6.07, 6.45) is 7.50. The van der Waals surface area contributed by atoms with Crippen LogP contribution >= 0.6 is 0 Å². The maximum Gasteiger partial charge on any atom is 0.0636 e. The topological polar surface area (TPSA) is 38.7 Å². The molecule has 2 heterocycles. The molecular weight excluding hydrogens is 270 g/mol. The summed E-state index contributed by atoms with van der Waals surface area (Å²) in [5.74, 6) is 0. The van der Waals surface area contributed by atoms with Gasteiger partial charge in [0.25, 0.3) is 0 Å². The molecule has 2 aromatic rings. The molecule has 0 unspecified atom stereocenters. The number of aromatic nitrogens is 3. The first-order valence-corrected chi connectivity index (χ1v) is 7.81. The molecule has 0 spiro atoms. The van der Waals surface area contributed by atoms with Crippen LogP contribution in [0.15, 0.2) is 42.9 Å². The Morgan fingerprint density at radius 1 is 0.773 bits per heavy atom. The van der Waals surface area contributed by atoms with Crippen LogP contribution in [-0.4, -0.2) is 15.2 Å². The second-order valence-electron chi connectivity index (χ2n) is 8.05. The van der Waals surface area contributed by atoms with E-state index in [4.69, 9.17) is 0 Å². The highest BCUT2D eigenvalue weighted by Crippen LogP contribution is 2.19. The Kier molecular flexibility index (Phi) is 6.66. The summed E-state index contributed by atoms with van der Waals surface area (Å²) in [5.41, 5.74) is 3.12. The third-order valence-electron chi connectivity index (χ3n) is 2.82. The van der Waals surface area contributed by atoms with E-state index in [1.54, 1.807) is 6.20 Å². The molecule has 2 rings (SSSR count). The summed E-state index contributed by atoms with van der Waals surface area (Å²) >= 11 is 0. The Hall–Kier alpha value is -1.77. The van der Waals surface area contributed by atoms with Crippen LogP contribution < -0.4 is 0 Å². The van der Waals surface area contributed by atoms with E-state index in [0.717, 1.165) is 18.5 Å². The Morgan fingerprint density at radius 2 is 1.36 bits per heavy atom. The quantitative estimate of drug-likeness (QED) is 0.804. The maximum absolute atomic E-state index is 4.01. The van der Waals surface area contributed by atoms with Gasteiger partial charge in [0, 0.05) is 18.6 Å². The van der Waals surface area contributed by atoms with Crippen LogP contribution in [0.3, 0.4) is 0 Å². The Morgan fingerprint density at radius 3 is 1.82 bits per heavy atom. The molecule has 0 radical (unpaired) electrons. The lowest BCUT2D eigenvalue weighted by Crippen LogP contribution is -2.10. The van der Waals surface area contributed by atoms with Crippen molar-refractivity contribution in [2.24, 2.45) is 10.8 Å². The highest BCUT2D eigenvalue weighted by atomic mass is 15.1. The highest BCUT2D eigenvalue weighted by molar-refractivity contribution is 5.11. The summed E-state index contributed by atoms with van der Waals surface area (Å²) < 4.78 is 0. The summed E-state index contributed by atoms with van der Waals surface area (Å²) in [4.78, 5) is 3.98. The van der Waals surface area contributed by atoms with Crippen molar-refractivity contribution in [3.8, 4) is 0 Å². The van der Waals surface area contributed by atoms with Gasteiger partial charge in [-0.25, -0.2) is 0 Å². The normalized spacial score (nSPS) is 11.5. The van der Waals surface area contributed by atoms with E-state index in [-0.39, 0.29) is 0 Å². The van der Waals surface area contributed by atoms with Crippen molar-refractivity contribution in [3.63, 3.8) is 0 Å². The first-order chi connectivity index (χ1) is 10.2. The molecule has 0 fully saturated rings. The summed E-state index contributed by atoms with van der Waals surface area (Å²) in [7, 11) is 0. The molecule has 0 saturated heterocycles. The van der Waals surface area contributed by atoms with Gasteiger partial charge in [-0.2, -0.15) is 10.2 Å². The molecule has 0 aliphatic carbocycles. The zero-order valence-corrected chi connectivity index (χ0v) is 14.8. The molecule has 2 aromatic heterocycles. The second kappa shape index (κ2) is 8.02. The van der Waals surface area contributed by atoms with Gasteiger partial charge in [-0.3, -0.25) is 4.98 Å². The van der Waals surface area contributed by atoms with Gasteiger partial charge in [0.2, 0.25) is 0 Å². The van der Waals surface area contributed by atoms with E-state index >= 15 is 0 Å². The van der Waals surface area contributed by atoms with Crippen LogP contribution in [0.25, 0.3) is 0 Å². The van der Waals surface area contributed by atoms with E-state index < -0.39 is 0 Å². The van der Waals surface area contributed by atoms with E-state index in [0.29, 0.717) is 10.8 Å². The maximum atomic E-state index is 4.01. The van der Waals surface area contributed by atoms with Crippen molar-refractivity contribution in [2.45, 2.75) is 54.4 Å². The van der Waals surface area contributed by atoms with Crippen LogP contribution in [-0.2, 0) is 12.8 Å². The predicted octanol–water partition coefficient (Wildman–Crippen LogP) is 4.74. The fraction of sp³-hybridized carbons (Fsp3) is 0.526. The van der Waals surface area contributed by atoms with Crippen molar-refractivity contribution >= 4 is 0 Å². The van der Waals surface area contributed by atoms with E-state index in [1.165, 1.54) is 5.56 Å². The standard InChI is InChI=1S/C10H15N.C9H14N2/c1-10(2,3)8-9-4-6-11-7-5-9;1-9(2,3)7-8-5-4-6-10-11-8/h4-7H,8H2,1-3H3;4-6H,7H2,1-3H3. The third-order valence-corrected chi connectivity index (χ3v) is 2.82. The van der Waals surface area contributed by atoms with Crippen molar-refractivity contribution in [1.82, 2.24) is 15.2 Å². The number of hydrogen-bond acceptors (Lipinski definition) is 3. The number of nitrogens with zero attached hydrogens (tertiary/aromatic N) is 3. The molecule has 3 heteroatoms.